The van der Waals surface area contributed by atoms with Crippen LogP contribution in [-0.4, -0.2) is 37.1 Å². The van der Waals surface area contributed by atoms with Crippen LogP contribution in [0.15, 0.2) is 24.3 Å². The van der Waals surface area contributed by atoms with Crippen molar-refractivity contribution < 1.29 is 0 Å². The summed E-state index contributed by atoms with van der Waals surface area (Å²) >= 11 is 0. The number of nitrogens with two attached hydrogens (primary N) is 1. The smallest absolute Gasteiger partial charge is 0.0233 e. The third kappa shape index (κ3) is 6.19. The Hall–Kier alpha value is -0.900. The van der Waals surface area contributed by atoms with Gasteiger partial charge < -0.3 is 11.1 Å². The van der Waals surface area contributed by atoms with Gasteiger partial charge in [-0.3, -0.25) is 4.90 Å². The predicted octanol–water partition coefficient (Wildman–Crippen LogP) is 2.01. The number of benzene rings is 1. The molecule has 0 heterocycles. The number of nitrogens with zero attached hydrogens (tertiary/aromatic N) is 1. The van der Waals surface area contributed by atoms with E-state index >= 15 is 0 Å². The van der Waals surface area contributed by atoms with Crippen molar-refractivity contribution in [1.29, 1.82) is 0 Å². The molecular weight excluding hydrogens is 234 g/mol. The molecule has 0 aromatic heterocycles. The molecule has 108 valence electrons. The first-order valence-corrected chi connectivity index (χ1v) is 7.43. The van der Waals surface area contributed by atoms with Gasteiger partial charge >= 0.3 is 0 Å². The third-order valence-corrected chi connectivity index (χ3v) is 3.50. The van der Waals surface area contributed by atoms with Crippen molar-refractivity contribution in [3.05, 3.63) is 35.4 Å². The molecular formula is C16H29N3. The first kappa shape index (κ1) is 16.2. The molecule has 19 heavy (non-hydrogen) atoms. The zero-order chi connectivity index (χ0) is 14.1. The average Bonchev–Trinajstić information content (AvgIpc) is 2.44. The molecule has 3 N–H and O–H groups in total. The van der Waals surface area contributed by atoms with Crippen molar-refractivity contribution in [2.24, 2.45) is 5.73 Å². The first-order valence-electron chi connectivity index (χ1n) is 7.43. The fourth-order valence-corrected chi connectivity index (χ4v) is 2.24. The minimum absolute atomic E-state index is 0.484. The molecule has 0 saturated heterocycles. The van der Waals surface area contributed by atoms with E-state index in [2.05, 4.69) is 55.3 Å². The topological polar surface area (TPSA) is 41.3 Å². The van der Waals surface area contributed by atoms with Crippen molar-refractivity contribution in [3.63, 3.8) is 0 Å². The van der Waals surface area contributed by atoms with Crippen molar-refractivity contribution in [1.82, 2.24) is 10.2 Å². The summed E-state index contributed by atoms with van der Waals surface area (Å²) in [5, 5.41) is 3.41. The van der Waals surface area contributed by atoms with Gasteiger partial charge in [-0.1, -0.05) is 38.1 Å². The Labute approximate surface area is 118 Å². The summed E-state index contributed by atoms with van der Waals surface area (Å²) in [6, 6.07) is 9.49. The van der Waals surface area contributed by atoms with E-state index in [1.54, 1.807) is 0 Å². The largest absolute Gasteiger partial charge is 0.329 e. The van der Waals surface area contributed by atoms with Crippen LogP contribution >= 0.6 is 0 Å². The van der Waals surface area contributed by atoms with Crippen molar-refractivity contribution >= 4 is 0 Å². The Morgan fingerprint density at radius 1 is 1.11 bits per heavy atom. The maximum absolute atomic E-state index is 5.50. The Morgan fingerprint density at radius 3 is 2.21 bits per heavy atom. The monoisotopic (exact) mass is 263 g/mol. The fourth-order valence-electron chi connectivity index (χ4n) is 2.24. The van der Waals surface area contributed by atoms with E-state index in [0.717, 1.165) is 32.6 Å². The summed E-state index contributed by atoms with van der Waals surface area (Å²) in [6.45, 7) is 11.5. The molecule has 1 aromatic carbocycles. The van der Waals surface area contributed by atoms with Gasteiger partial charge in [-0.05, 0) is 37.6 Å². The summed E-state index contributed by atoms with van der Waals surface area (Å²) in [4.78, 5) is 2.43. The minimum Gasteiger partial charge on any atom is -0.329 e. The second kappa shape index (κ2) is 9.08. The highest BCUT2D eigenvalue weighted by atomic mass is 15.1. The number of rotatable bonds is 9. The standard InChI is InChI=1S/C16H29N3/c1-4-19(5-2)13-16-8-6-15(7-9-16)12-14(3)18-11-10-17/h6-9,14,18H,4-5,10-13,17H2,1-3H3. The van der Waals surface area contributed by atoms with Crippen molar-refractivity contribution in [3.8, 4) is 0 Å². The van der Waals surface area contributed by atoms with Crippen LogP contribution in [0, 0.1) is 0 Å². The normalized spacial score (nSPS) is 12.9. The predicted molar refractivity (Wildman–Crippen MR) is 83.3 cm³/mol. The fraction of sp³-hybridized carbons (Fsp3) is 0.625. The second-order valence-electron chi connectivity index (χ2n) is 5.13. The molecule has 0 aliphatic rings. The highest BCUT2D eigenvalue weighted by Crippen LogP contribution is 2.09. The Bertz CT molecular complexity index is 330. The average molecular weight is 263 g/mol. The molecule has 0 bridgehead atoms. The SMILES string of the molecule is CCN(CC)Cc1ccc(CC(C)NCCN)cc1. The zero-order valence-corrected chi connectivity index (χ0v) is 12.7. The van der Waals surface area contributed by atoms with E-state index in [0.29, 0.717) is 12.6 Å². The summed E-state index contributed by atoms with van der Waals surface area (Å²) < 4.78 is 0. The lowest BCUT2D eigenvalue weighted by molar-refractivity contribution is 0.296. The number of hydrogen-bond acceptors (Lipinski definition) is 3. The van der Waals surface area contributed by atoms with Crippen LogP contribution in [0.2, 0.25) is 0 Å². The summed E-state index contributed by atoms with van der Waals surface area (Å²) in [6.07, 6.45) is 1.06. The molecule has 0 aliphatic heterocycles. The van der Waals surface area contributed by atoms with E-state index in [1.165, 1.54) is 11.1 Å². The van der Waals surface area contributed by atoms with Gasteiger partial charge in [0.15, 0.2) is 0 Å². The molecule has 0 aliphatic carbocycles. The molecule has 0 fully saturated rings. The van der Waals surface area contributed by atoms with Gasteiger partial charge in [0.1, 0.15) is 0 Å². The summed E-state index contributed by atoms with van der Waals surface area (Å²) in [5.74, 6) is 0. The van der Waals surface area contributed by atoms with Crippen LogP contribution in [0.4, 0.5) is 0 Å². The molecule has 1 rings (SSSR count). The highest BCUT2D eigenvalue weighted by Gasteiger charge is 2.04. The van der Waals surface area contributed by atoms with Crippen LogP contribution in [-0.2, 0) is 13.0 Å². The molecule has 1 unspecified atom stereocenters. The Kier molecular flexibility index (Phi) is 7.72. The maximum atomic E-state index is 5.50. The lowest BCUT2D eigenvalue weighted by Gasteiger charge is -2.18. The molecule has 1 atom stereocenters. The molecule has 0 radical (unpaired) electrons. The quantitative estimate of drug-likeness (QED) is 0.716. The van der Waals surface area contributed by atoms with E-state index in [9.17, 15) is 0 Å². The molecule has 3 heteroatoms. The molecule has 0 amide bonds. The van der Waals surface area contributed by atoms with Gasteiger partial charge in [0.05, 0.1) is 0 Å². The third-order valence-electron chi connectivity index (χ3n) is 3.50. The van der Waals surface area contributed by atoms with Crippen LogP contribution in [0.25, 0.3) is 0 Å². The highest BCUT2D eigenvalue weighted by molar-refractivity contribution is 5.23. The van der Waals surface area contributed by atoms with E-state index in [4.69, 9.17) is 5.73 Å². The van der Waals surface area contributed by atoms with Gasteiger partial charge in [0.2, 0.25) is 0 Å². The molecule has 0 saturated carbocycles. The lowest BCUT2D eigenvalue weighted by Crippen LogP contribution is -2.32. The van der Waals surface area contributed by atoms with Crippen LogP contribution < -0.4 is 11.1 Å². The van der Waals surface area contributed by atoms with Crippen molar-refractivity contribution in [2.75, 3.05) is 26.2 Å². The van der Waals surface area contributed by atoms with Gasteiger partial charge in [0, 0.05) is 25.7 Å². The van der Waals surface area contributed by atoms with E-state index < -0.39 is 0 Å². The number of hydrogen-bond donors (Lipinski definition) is 2. The second-order valence-corrected chi connectivity index (χ2v) is 5.13. The van der Waals surface area contributed by atoms with Crippen LogP contribution in [0.1, 0.15) is 31.9 Å². The molecule has 0 spiro atoms. The molecule has 1 aromatic rings. The lowest BCUT2D eigenvalue weighted by atomic mass is 10.0. The van der Waals surface area contributed by atoms with E-state index in [1.807, 2.05) is 0 Å². The summed E-state index contributed by atoms with van der Waals surface area (Å²) in [7, 11) is 0. The first-order chi connectivity index (χ1) is 9.19. The van der Waals surface area contributed by atoms with Gasteiger partial charge in [-0.2, -0.15) is 0 Å². The van der Waals surface area contributed by atoms with Crippen LogP contribution in [0.5, 0.6) is 0 Å². The van der Waals surface area contributed by atoms with Gasteiger partial charge in [0.25, 0.3) is 0 Å². The molecule has 3 nitrogen and oxygen atoms in total. The minimum atomic E-state index is 0.484. The van der Waals surface area contributed by atoms with Gasteiger partial charge in [-0.15, -0.1) is 0 Å². The Balaban J connectivity index is 2.47. The summed E-state index contributed by atoms with van der Waals surface area (Å²) in [5.41, 5.74) is 8.28. The maximum Gasteiger partial charge on any atom is 0.0233 e. The number of nitrogens with one attached hydrogen (secondary N) is 1. The van der Waals surface area contributed by atoms with Gasteiger partial charge in [-0.25, -0.2) is 0 Å². The van der Waals surface area contributed by atoms with Crippen LogP contribution in [0.3, 0.4) is 0 Å². The zero-order valence-electron chi connectivity index (χ0n) is 12.7. The van der Waals surface area contributed by atoms with E-state index in [-0.39, 0.29) is 0 Å². The van der Waals surface area contributed by atoms with Crippen molar-refractivity contribution in [2.45, 2.75) is 39.8 Å². The Morgan fingerprint density at radius 2 is 1.68 bits per heavy atom.